The molecule has 0 unspecified atom stereocenters. The minimum absolute atomic E-state index is 0.111. The fourth-order valence-electron chi connectivity index (χ4n) is 1.65. The highest BCUT2D eigenvalue weighted by Crippen LogP contribution is 2.25. The molecule has 0 atom stereocenters. The predicted octanol–water partition coefficient (Wildman–Crippen LogP) is 3.86. The van der Waals surface area contributed by atoms with Gasteiger partial charge in [-0.15, -0.1) is 0 Å². The molecule has 100 valence electrons. The summed E-state index contributed by atoms with van der Waals surface area (Å²) in [4.78, 5) is 10.7. The molecule has 0 spiro atoms. The van der Waals surface area contributed by atoms with E-state index >= 15 is 0 Å². The topological polar surface area (TPSA) is 38.3 Å². The number of benzene rings is 1. The lowest BCUT2D eigenvalue weighted by Crippen LogP contribution is -2.34. The van der Waals surface area contributed by atoms with E-state index in [0.717, 1.165) is 5.75 Å². The van der Waals surface area contributed by atoms with Gasteiger partial charge >= 0.3 is 0 Å². The van der Waals surface area contributed by atoms with Crippen molar-refractivity contribution < 1.29 is 9.53 Å². The van der Waals surface area contributed by atoms with Gasteiger partial charge in [-0.2, -0.15) is 0 Å². The van der Waals surface area contributed by atoms with Crippen molar-refractivity contribution in [3.8, 4) is 5.75 Å². The summed E-state index contributed by atoms with van der Waals surface area (Å²) in [6, 6.07) is 8.01. The molecule has 1 amide bonds. The van der Waals surface area contributed by atoms with Crippen molar-refractivity contribution in [3.05, 3.63) is 29.8 Å². The van der Waals surface area contributed by atoms with Crippen LogP contribution in [0.5, 0.6) is 5.75 Å². The molecule has 1 aromatic rings. The first-order valence-electron chi connectivity index (χ1n) is 6.02. The number of nitrogens with one attached hydrogen (secondary N) is 1. The van der Waals surface area contributed by atoms with Crippen molar-refractivity contribution in [2.24, 2.45) is 0 Å². The molecule has 0 saturated heterocycles. The Kier molecular flexibility index (Phi) is 5.20. The van der Waals surface area contributed by atoms with E-state index in [9.17, 15) is 4.79 Å². The Balaban J connectivity index is 2.73. The zero-order valence-electron chi connectivity index (χ0n) is 11.3. The van der Waals surface area contributed by atoms with Gasteiger partial charge in [0.15, 0.2) is 0 Å². The summed E-state index contributed by atoms with van der Waals surface area (Å²) in [5.74, 6) is 0.870. The lowest BCUT2D eigenvalue weighted by atomic mass is 9.84. The van der Waals surface area contributed by atoms with E-state index in [1.54, 1.807) is 0 Å². The first kappa shape index (κ1) is 15.0. The van der Waals surface area contributed by atoms with Crippen molar-refractivity contribution in [2.45, 2.75) is 39.2 Å². The second kappa shape index (κ2) is 6.23. The number of hydrogen-bond donors (Lipinski definition) is 1. The molecule has 1 N–H and O–H groups in total. The summed E-state index contributed by atoms with van der Waals surface area (Å²) in [5.41, 5.74) is 1.06. The van der Waals surface area contributed by atoms with Gasteiger partial charge in [0, 0.05) is 27.9 Å². The monoisotopic (exact) mass is 313 g/mol. The number of halogens is 1. The summed E-state index contributed by atoms with van der Waals surface area (Å²) in [6.07, 6.45) is 0.177. The van der Waals surface area contributed by atoms with E-state index in [1.807, 2.05) is 38.1 Å². The molecule has 0 bridgehead atoms. The zero-order valence-corrected chi connectivity index (χ0v) is 12.9. The average Bonchev–Trinajstić information content (AvgIpc) is 2.26. The van der Waals surface area contributed by atoms with Gasteiger partial charge in [-0.05, 0) is 31.5 Å². The largest absolute Gasteiger partial charge is 0.491 e. The molecule has 4 heteroatoms. The van der Waals surface area contributed by atoms with Crippen LogP contribution in [-0.4, -0.2) is 17.5 Å². The van der Waals surface area contributed by atoms with Gasteiger partial charge < -0.3 is 10.1 Å². The van der Waals surface area contributed by atoms with E-state index in [2.05, 4.69) is 35.1 Å². The Morgan fingerprint density at radius 3 is 2.33 bits per heavy atom. The maximum atomic E-state index is 10.9. The second-order valence-corrected chi connectivity index (χ2v) is 5.92. The summed E-state index contributed by atoms with van der Waals surface area (Å²) in [6.45, 7) is 8.77. The van der Waals surface area contributed by atoms with Crippen LogP contribution in [0.4, 0.5) is 4.79 Å². The minimum Gasteiger partial charge on any atom is -0.491 e. The summed E-state index contributed by atoms with van der Waals surface area (Å²) >= 11 is 2.87. The van der Waals surface area contributed by atoms with E-state index in [4.69, 9.17) is 4.74 Å². The van der Waals surface area contributed by atoms with Crippen molar-refractivity contribution in [2.75, 3.05) is 6.54 Å². The van der Waals surface area contributed by atoms with E-state index in [0.29, 0.717) is 6.54 Å². The smallest absolute Gasteiger partial charge is 0.287 e. The quantitative estimate of drug-likeness (QED) is 0.662. The van der Waals surface area contributed by atoms with Crippen LogP contribution in [0.25, 0.3) is 0 Å². The number of rotatable bonds is 5. The zero-order chi connectivity index (χ0) is 13.8. The molecule has 0 saturated carbocycles. The summed E-state index contributed by atoms with van der Waals surface area (Å²) in [7, 11) is 0. The first-order chi connectivity index (χ1) is 8.31. The summed E-state index contributed by atoms with van der Waals surface area (Å²) < 4.78 is 5.60. The molecular weight excluding hydrogens is 294 g/mol. The lowest BCUT2D eigenvalue weighted by Gasteiger charge is -2.25. The standard InChI is InChI=1S/C14H20BrNO2/c1-10(2)18-12-7-5-11(6-8-12)14(3,4)9-16-13(15)17/h5-8,10H,9H2,1-4H3,(H,16,17). The SMILES string of the molecule is CC(C)Oc1ccc(C(C)(C)CNC(=O)Br)cc1. The van der Waals surface area contributed by atoms with Crippen LogP contribution in [0.3, 0.4) is 0 Å². The maximum Gasteiger partial charge on any atom is 0.287 e. The number of hydrogen-bond acceptors (Lipinski definition) is 2. The lowest BCUT2D eigenvalue weighted by molar-refractivity contribution is 0.242. The molecule has 0 aromatic heterocycles. The molecule has 1 aromatic carbocycles. The van der Waals surface area contributed by atoms with E-state index < -0.39 is 0 Å². The molecule has 0 aliphatic heterocycles. The van der Waals surface area contributed by atoms with Crippen LogP contribution in [0, 0.1) is 0 Å². The van der Waals surface area contributed by atoms with Crippen LogP contribution in [0.2, 0.25) is 0 Å². The molecule has 0 radical (unpaired) electrons. The fourth-order valence-corrected chi connectivity index (χ4v) is 1.79. The number of ether oxygens (including phenoxy) is 1. The molecule has 0 heterocycles. The van der Waals surface area contributed by atoms with Gasteiger partial charge in [-0.1, -0.05) is 26.0 Å². The van der Waals surface area contributed by atoms with Gasteiger partial charge in [0.1, 0.15) is 5.75 Å². The Hall–Kier alpha value is -1.03. The van der Waals surface area contributed by atoms with Crippen molar-refractivity contribution >= 4 is 20.7 Å². The molecular formula is C14H20BrNO2. The van der Waals surface area contributed by atoms with Gasteiger partial charge in [0.25, 0.3) is 4.82 Å². The highest BCUT2D eigenvalue weighted by atomic mass is 79.9. The molecule has 0 aliphatic rings. The molecule has 3 nitrogen and oxygen atoms in total. The van der Waals surface area contributed by atoms with Crippen molar-refractivity contribution in [1.29, 1.82) is 0 Å². The van der Waals surface area contributed by atoms with Crippen LogP contribution in [0.15, 0.2) is 24.3 Å². The predicted molar refractivity (Wildman–Crippen MR) is 77.6 cm³/mol. The Morgan fingerprint density at radius 2 is 1.89 bits per heavy atom. The third kappa shape index (κ3) is 4.69. The number of carbonyl (C=O) groups excluding carboxylic acids is 1. The van der Waals surface area contributed by atoms with Crippen molar-refractivity contribution in [1.82, 2.24) is 5.32 Å². The molecule has 0 aliphatic carbocycles. The summed E-state index contributed by atoms with van der Waals surface area (Å²) in [5, 5.41) is 2.78. The Bertz CT molecular complexity index is 399. The van der Waals surface area contributed by atoms with Gasteiger partial charge in [-0.3, -0.25) is 4.79 Å². The van der Waals surface area contributed by atoms with Gasteiger partial charge in [0.05, 0.1) is 6.10 Å². The third-order valence-corrected chi connectivity index (χ3v) is 2.96. The maximum absolute atomic E-state index is 10.9. The van der Waals surface area contributed by atoms with Crippen LogP contribution in [0.1, 0.15) is 33.3 Å². The van der Waals surface area contributed by atoms with E-state index in [-0.39, 0.29) is 16.3 Å². The van der Waals surface area contributed by atoms with Crippen LogP contribution in [-0.2, 0) is 5.41 Å². The van der Waals surface area contributed by atoms with E-state index in [1.165, 1.54) is 5.56 Å². The highest BCUT2D eigenvalue weighted by molar-refractivity contribution is 9.18. The van der Waals surface area contributed by atoms with Gasteiger partial charge in [0.2, 0.25) is 0 Å². The van der Waals surface area contributed by atoms with Crippen LogP contribution >= 0.6 is 15.9 Å². The number of carbonyl (C=O) groups is 1. The van der Waals surface area contributed by atoms with Crippen LogP contribution < -0.4 is 10.1 Å². The Labute approximate surface area is 117 Å². The molecule has 1 rings (SSSR count). The first-order valence-corrected chi connectivity index (χ1v) is 6.81. The second-order valence-electron chi connectivity index (χ2n) is 5.20. The van der Waals surface area contributed by atoms with Gasteiger partial charge in [-0.25, -0.2) is 0 Å². The third-order valence-electron chi connectivity index (χ3n) is 2.68. The minimum atomic E-state index is -0.185. The highest BCUT2D eigenvalue weighted by Gasteiger charge is 2.21. The fraction of sp³-hybridized carbons (Fsp3) is 0.500. The average molecular weight is 314 g/mol. The van der Waals surface area contributed by atoms with Crippen molar-refractivity contribution in [3.63, 3.8) is 0 Å². The Morgan fingerprint density at radius 1 is 1.33 bits per heavy atom. The number of amides is 1. The normalized spacial score (nSPS) is 11.4. The molecule has 18 heavy (non-hydrogen) atoms. The molecule has 0 fully saturated rings.